The summed E-state index contributed by atoms with van der Waals surface area (Å²) in [6.07, 6.45) is 0.885. The molecule has 2 aromatic rings. The van der Waals surface area contributed by atoms with E-state index in [-0.39, 0.29) is 6.61 Å². The summed E-state index contributed by atoms with van der Waals surface area (Å²) in [5.41, 5.74) is 3.90. The van der Waals surface area contributed by atoms with Crippen molar-refractivity contribution >= 4 is 18.0 Å². The molecule has 0 spiro atoms. The molecule has 0 bridgehead atoms. The molecule has 0 saturated carbocycles. The van der Waals surface area contributed by atoms with Crippen LogP contribution < -0.4 is 10.8 Å². The second kappa shape index (κ2) is 12.9. The first-order chi connectivity index (χ1) is 14.6. The van der Waals surface area contributed by atoms with Crippen LogP contribution in [0.5, 0.6) is 0 Å². The number of benzene rings is 2. The maximum atomic E-state index is 12.0. The molecular weight excluding hydrogens is 388 g/mol. The van der Waals surface area contributed by atoms with Gasteiger partial charge in [0.2, 0.25) is 0 Å². The molecule has 0 unspecified atom stereocenters. The van der Waals surface area contributed by atoms with Gasteiger partial charge in [-0.05, 0) is 37.0 Å². The van der Waals surface area contributed by atoms with Gasteiger partial charge in [0.25, 0.3) is 0 Å². The third-order valence-corrected chi connectivity index (χ3v) is 4.19. The largest absolute Gasteiger partial charge is 0.467 e. The smallest absolute Gasteiger partial charge is 0.408 e. The van der Waals surface area contributed by atoms with E-state index in [0.717, 1.165) is 5.56 Å². The van der Waals surface area contributed by atoms with Gasteiger partial charge in [-0.15, -0.1) is 0 Å². The number of alkyl carbamates (subject to hydrolysis) is 1. The van der Waals surface area contributed by atoms with Crippen molar-refractivity contribution in [2.75, 3.05) is 13.7 Å². The van der Waals surface area contributed by atoms with E-state index in [0.29, 0.717) is 31.4 Å². The molecule has 1 amide bonds. The van der Waals surface area contributed by atoms with Gasteiger partial charge in [0, 0.05) is 6.54 Å². The number of esters is 1. The third kappa shape index (κ3) is 8.32. The highest BCUT2D eigenvalue weighted by Crippen LogP contribution is 2.05. The van der Waals surface area contributed by atoms with E-state index < -0.39 is 24.1 Å². The van der Waals surface area contributed by atoms with Gasteiger partial charge < -0.3 is 19.6 Å². The van der Waals surface area contributed by atoms with Crippen molar-refractivity contribution in [1.29, 1.82) is 0 Å². The predicted molar refractivity (Wildman–Crippen MR) is 109 cm³/mol. The first kappa shape index (κ1) is 22.9. The Balaban J connectivity index is 1.66. The lowest BCUT2D eigenvalue weighted by atomic mass is 10.1. The number of amides is 1. The van der Waals surface area contributed by atoms with Crippen molar-refractivity contribution in [3.05, 3.63) is 71.8 Å². The molecule has 0 saturated heterocycles. The lowest BCUT2D eigenvalue weighted by Crippen LogP contribution is -2.41. The second-order valence-corrected chi connectivity index (χ2v) is 6.43. The molecule has 0 fully saturated rings. The van der Waals surface area contributed by atoms with Gasteiger partial charge in [-0.3, -0.25) is 0 Å². The zero-order valence-electron chi connectivity index (χ0n) is 16.8. The summed E-state index contributed by atoms with van der Waals surface area (Å²) < 4.78 is 9.88. The van der Waals surface area contributed by atoms with Crippen molar-refractivity contribution in [2.24, 2.45) is 0 Å². The molecule has 0 aromatic heterocycles. The highest BCUT2D eigenvalue weighted by Gasteiger charge is 2.21. The zero-order chi connectivity index (χ0) is 21.6. The summed E-state index contributed by atoms with van der Waals surface area (Å²) in [5.74, 6) is -1.01. The Bertz CT molecular complexity index is 798. The predicted octanol–water partition coefficient (Wildman–Crippen LogP) is 2.99. The molecule has 1 atom stereocenters. The van der Waals surface area contributed by atoms with E-state index >= 15 is 0 Å². The van der Waals surface area contributed by atoms with Crippen LogP contribution in [-0.2, 0) is 25.7 Å². The lowest BCUT2D eigenvalue weighted by molar-refractivity contribution is -0.143. The van der Waals surface area contributed by atoms with Crippen molar-refractivity contribution in [3.63, 3.8) is 0 Å². The average molecular weight is 414 g/mol. The van der Waals surface area contributed by atoms with Crippen LogP contribution in [0.1, 0.15) is 35.2 Å². The number of carbonyl (C=O) groups excluding carboxylic acids is 3. The van der Waals surface area contributed by atoms with Crippen molar-refractivity contribution in [3.8, 4) is 0 Å². The molecule has 30 heavy (non-hydrogen) atoms. The monoisotopic (exact) mass is 414 g/mol. The standard InChI is InChI=1S/C22H26N2O6/c1-28-21(26)19(24-22(27)29-16-17-10-4-2-5-11-17)14-8-9-15-23-30-20(25)18-12-6-3-7-13-18/h2-7,10-13,19,23H,8-9,14-16H2,1H3,(H,24,27)/t19-/m1/s1. The van der Waals surface area contributed by atoms with E-state index in [9.17, 15) is 14.4 Å². The highest BCUT2D eigenvalue weighted by molar-refractivity contribution is 5.89. The SMILES string of the molecule is COC(=O)[C@@H](CCCCNOC(=O)c1ccccc1)NC(=O)OCc1ccccc1. The Morgan fingerprint density at radius 1 is 0.933 bits per heavy atom. The van der Waals surface area contributed by atoms with Crippen LogP contribution in [-0.4, -0.2) is 37.7 Å². The van der Waals surface area contributed by atoms with Gasteiger partial charge in [0.1, 0.15) is 12.6 Å². The first-order valence-corrected chi connectivity index (χ1v) is 9.64. The summed E-state index contributed by atoms with van der Waals surface area (Å²) in [7, 11) is 1.26. The molecule has 2 rings (SSSR count). The topological polar surface area (TPSA) is 103 Å². The Labute approximate surface area is 175 Å². The van der Waals surface area contributed by atoms with Gasteiger partial charge in [0.05, 0.1) is 12.7 Å². The molecule has 160 valence electrons. The molecule has 2 N–H and O–H groups in total. The van der Waals surface area contributed by atoms with E-state index in [1.165, 1.54) is 7.11 Å². The Morgan fingerprint density at radius 3 is 2.27 bits per heavy atom. The van der Waals surface area contributed by atoms with Crippen LogP contribution in [0.3, 0.4) is 0 Å². The number of nitrogens with one attached hydrogen (secondary N) is 2. The number of unbranched alkanes of at least 4 members (excludes halogenated alkanes) is 1. The Kier molecular flexibility index (Phi) is 9.88. The fourth-order valence-electron chi connectivity index (χ4n) is 2.59. The van der Waals surface area contributed by atoms with E-state index in [1.807, 2.05) is 36.4 Å². The molecule has 2 aromatic carbocycles. The number of carbonyl (C=O) groups is 3. The summed E-state index contributed by atoms with van der Waals surface area (Å²) >= 11 is 0. The maximum Gasteiger partial charge on any atom is 0.408 e. The van der Waals surface area contributed by atoms with Crippen LogP contribution in [0.15, 0.2) is 60.7 Å². The zero-order valence-corrected chi connectivity index (χ0v) is 16.8. The summed E-state index contributed by atoms with van der Waals surface area (Å²) in [6.45, 7) is 0.516. The van der Waals surface area contributed by atoms with E-state index in [2.05, 4.69) is 10.8 Å². The number of hydrogen-bond acceptors (Lipinski definition) is 7. The molecule has 8 heteroatoms. The Morgan fingerprint density at radius 2 is 1.60 bits per heavy atom. The van der Waals surface area contributed by atoms with Crippen LogP contribution >= 0.6 is 0 Å². The fraction of sp³-hybridized carbons (Fsp3) is 0.318. The lowest BCUT2D eigenvalue weighted by Gasteiger charge is -2.16. The van der Waals surface area contributed by atoms with Gasteiger partial charge in [0.15, 0.2) is 0 Å². The van der Waals surface area contributed by atoms with Crippen molar-refractivity contribution in [1.82, 2.24) is 10.8 Å². The Hall–Kier alpha value is -3.39. The number of rotatable bonds is 11. The minimum absolute atomic E-state index is 0.108. The van der Waals surface area contributed by atoms with Crippen LogP contribution in [0.4, 0.5) is 4.79 Å². The van der Waals surface area contributed by atoms with Gasteiger partial charge >= 0.3 is 18.0 Å². The van der Waals surface area contributed by atoms with Crippen LogP contribution in [0.2, 0.25) is 0 Å². The van der Waals surface area contributed by atoms with E-state index in [4.69, 9.17) is 14.3 Å². The number of hydroxylamine groups is 1. The molecule has 0 radical (unpaired) electrons. The van der Waals surface area contributed by atoms with Crippen molar-refractivity contribution < 1.29 is 28.7 Å². The van der Waals surface area contributed by atoms with Crippen LogP contribution in [0, 0.1) is 0 Å². The molecule has 8 nitrogen and oxygen atoms in total. The fourth-order valence-corrected chi connectivity index (χ4v) is 2.59. The first-order valence-electron chi connectivity index (χ1n) is 9.64. The van der Waals surface area contributed by atoms with Gasteiger partial charge in [-0.25, -0.2) is 14.4 Å². The quantitative estimate of drug-likeness (QED) is 0.252. The molecule has 0 aliphatic rings. The molecule has 0 aliphatic carbocycles. The molecule has 0 heterocycles. The maximum absolute atomic E-state index is 12.0. The summed E-state index contributed by atoms with van der Waals surface area (Å²) in [4.78, 5) is 40.7. The normalized spacial score (nSPS) is 11.2. The van der Waals surface area contributed by atoms with Gasteiger partial charge in [-0.2, -0.15) is 5.48 Å². The highest BCUT2D eigenvalue weighted by atomic mass is 16.7. The summed E-state index contributed by atoms with van der Waals surface area (Å²) in [6, 6.07) is 17.1. The number of methoxy groups -OCH3 is 1. The number of hydrogen-bond donors (Lipinski definition) is 2. The average Bonchev–Trinajstić information content (AvgIpc) is 2.79. The summed E-state index contributed by atoms with van der Waals surface area (Å²) in [5, 5.41) is 2.53. The van der Waals surface area contributed by atoms with Crippen molar-refractivity contribution in [2.45, 2.75) is 31.9 Å². The minimum Gasteiger partial charge on any atom is -0.467 e. The van der Waals surface area contributed by atoms with Crippen LogP contribution in [0.25, 0.3) is 0 Å². The number of ether oxygens (including phenoxy) is 2. The minimum atomic E-state index is -0.815. The molecule has 0 aliphatic heterocycles. The second-order valence-electron chi connectivity index (χ2n) is 6.43. The van der Waals surface area contributed by atoms with Gasteiger partial charge in [-0.1, -0.05) is 48.5 Å². The third-order valence-electron chi connectivity index (χ3n) is 4.19. The molecular formula is C22H26N2O6. The van der Waals surface area contributed by atoms with E-state index in [1.54, 1.807) is 24.3 Å².